The number of aliphatic hydroxyl groups excluding tert-OH is 1. The SMILES string of the molecule is C[C@]1(F)C(n2ccc(=O)[nH]c2=O)O[C@H](CC[PH](=O)O)[C@H]1O. The van der Waals surface area contributed by atoms with Gasteiger partial charge >= 0.3 is 5.69 Å². The first-order chi connectivity index (χ1) is 9.73. The summed E-state index contributed by atoms with van der Waals surface area (Å²) in [6, 6.07) is 1.03. The Morgan fingerprint density at radius 1 is 1.57 bits per heavy atom. The van der Waals surface area contributed by atoms with Crippen LogP contribution in [0.2, 0.25) is 0 Å². The van der Waals surface area contributed by atoms with E-state index in [4.69, 9.17) is 9.63 Å². The van der Waals surface area contributed by atoms with Gasteiger partial charge in [0.25, 0.3) is 5.56 Å². The summed E-state index contributed by atoms with van der Waals surface area (Å²) in [5.74, 6) is 0. The summed E-state index contributed by atoms with van der Waals surface area (Å²) in [5.41, 5.74) is -3.77. The molecule has 2 heterocycles. The molecule has 1 fully saturated rings. The van der Waals surface area contributed by atoms with E-state index < -0.39 is 43.4 Å². The summed E-state index contributed by atoms with van der Waals surface area (Å²) in [4.78, 5) is 33.5. The van der Waals surface area contributed by atoms with Crippen molar-refractivity contribution in [1.82, 2.24) is 9.55 Å². The van der Waals surface area contributed by atoms with E-state index in [0.717, 1.165) is 23.8 Å². The molecule has 0 spiro atoms. The molecule has 0 aliphatic carbocycles. The highest BCUT2D eigenvalue weighted by molar-refractivity contribution is 7.37. The molecule has 5 atom stereocenters. The van der Waals surface area contributed by atoms with Crippen molar-refractivity contribution in [2.45, 2.75) is 37.4 Å². The number of H-pyrrole nitrogens is 1. The first-order valence-electron chi connectivity index (χ1n) is 6.29. The molecule has 0 saturated carbocycles. The van der Waals surface area contributed by atoms with Gasteiger partial charge in [0.15, 0.2) is 19.9 Å². The first-order valence-corrected chi connectivity index (χ1v) is 7.85. The van der Waals surface area contributed by atoms with Crippen molar-refractivity contribution in [2.75, 3.05) is 6.16 Å². The largest absolute Gasteiger partial charge is 0.387 e. The van der Waals surface area contributed by atoms with Crippen LogP contribution in [0, 0.1) is 0 Å². The maximum Gasteiger partial charge on any atom is 0.330 e. The van der Waals surface area contributed by atoms with Gasteiger partial charge in [0.1, 0.15) is 6.10 Å². The highest BCUT2D eigenvalue weighted by Crippen LogP contribution is 2.42. The average molecular weight is 322 g/mol. The third-order valence-corrected chi connectivity index (χ3v) is 4.18. The number of aromatic amines is 1. The molecule has 3 N–H and O–H groups in total. The number of nitrogens with zero attached hydrogens (tertiary/aromatic N) is 1. The minimum atomic E-state index is -2.76. The Morgan fingerprint density at radius 3 is 2.81 bits per heavy atom. The van der Waals surface area contributed by atoms with E-state index >= 15 is 0 Å². The van der Waals surface area contributed by atoms with Gasteiger partial charge in [0.2, 0.25) is 0 Å². The van der Waals surface area contributed by atoms with Crippen LogP contribution in [-0.4, -0.2) is 43.6 Å². The summed E-state index contributed by atoms with van der Waals surface area (Å²) >= 11 is 0. The molecule has 21 heavy (non-hydrogen) atoms. The summed E-state index contributed by atoms with van der Waals surface area (Å²) in [5, 5.41) is 9.95. The van der Waals surface area contributed by atoms with Crippen molar-refractivity contribution >= 4 is 8.03 Å². The van der Waals surface area contributed by atoms with Gasteiger partial charge in [-0.25, -0.2) is 9.18 Å². The number of halogens is 1. The molecule has 0 amide bonds. The molecule has 1 aromatic rings. The maximum atomic E-state index is 14.7. The normalized spacial score (nSPS) is 34.0. The molecule has 1 saturated heterocycles. The Hall–Kier alpha value is -1.28. The third-order valence-electron chi connectivity index (χ3n) is 3.46. The summed E-state index contributed by atoms with van der Waals surface area (Å²) in [7, 11) is -2.76. The minimum Gasteiger partial charge on any atom is -0.387 e. The fourth-order valence-electron chi connectivity index (χ4n) is 2.32. The summed E-state index contributed by atoms with van der Waals surface area (Å²) < 4.78 is 31.5. The molecular weight excluding hydrogens is 306 g/mol. The van der Waals surface area contributed by atoms with Crippen molar-refractivity contribution in [3.05, 3.63) is 33.1 Å². The number of alkyl halides is 1. The van der Waals surface area contributed by atoms with E-state index in [1.165, 1.54) is 0 Å². The van der Waals surface area contributed by atoms with Crippen molar-refractivity contribution in [3.8, 4) is 0 Å². The zero-order valence-electron chi connectivity index (χ0n) is 11.2. The molecule has 1 aliphatic rings. The molecule has 1 aromatic heterocycles. The molecule has 2 unspecified atom stereocenters. The van der Waals surface area contributed by atoms with Gasteiger partial charge in [-0.15, -0.1) is 0 Å². The average Bonchev–Trinajstić information content (AvgIpc) is 2.60. The quantitative estimate of drug-likeness (QED) is 0.635. The number of aromatic nitrogens is 2. The van der Waals surface area contributed by atoms with Crippen LogP contribution in [0.4, 0.5) is 4.39 Å². The zero-order chi connectivity index (χ0) is 15.8. The van der Waals surface area contributed by atoms with Crippen molar-refractivity contribution in [3.63, 3.8) is 0 Å². The second-order valence-electron chi connectivity index (χ2n) is 5.07. The zero-order valence-corrected chi connectivity index (χ0v) is 12.2. The number of rotatable bonds is 4. The second-order valence-corrected chi connectivity index (χ2v) is 6.36. The van der Waals surface area contributed by atoms with E-state index in [1.54, 1.807) is 0 Å². The van der Waals surface area contributed by atoms with Gasteiger partial charge in [0.05, 0.1) is 6.10 Å². The highest BCUT2D eigenvalue weighted by Gasteiger charge is 2.54. The van der Waals surface area contributed by atoms with Crippen molar-refractivity contribution in [1.29, 1.82) is 0 Å². The molecule has 0 bridgehead atoms. The van der Waals surface area contributed by atoms with Gasteiger partial charge < -0.3 is 14.7 Å². The van der Waals surface area contributed by atoms with Crippen LogP contribution in [0.3, 0.4) is 0 Å². The van der Waals surface area contributed by atoms with E-state index in [0.29, 0.717) is 0 Å². The predicted molar refractivity (Wildman–Crippen MR) is 71.5 cm³/mol. The number of hydrogen-bond acceptors (Lipinski definition) is 5. The van der Waals surface area contributed by atoms with Crippen LogP contribution in [0.15, 0.2) is 21.9 Å². The molecule has 118 valence electrons. The van der Waals surface area contributed by atoms with Crippen LogP contribution in [0.5, 0.6) is 0 Å². The molecule has 10 heteroatoms. The second kappa shape index (κ2) is 5.84. The Bertz CT molecular complexity index is 657. The first kappa shape index (κ1) is 16.1. The lowest BCUT2D eigenvalue weighted by Crippen LogP contribution is -2.43. The molecule has 0 radical (unpaired) electrons. The topological polar surface area (TPSA) is 122 Å². The lowest BCUT2D eigenvalue weighted by Gasteiger charge is -2.24. The minimum absolute atomic E-state index is 0.0103. The van der Waals surface area contributed by atoms with Gasteiger partial charge in [-0.1, -0.05) is 0 Å². The van der Waals surface area contributed by atoms with Gasteiger partial charge in [-0.3, -0.25) is 18.9 Å². The standard InChI is InChI=1S/C11H16FN2O6P/c1-11(12)8(16)6(3-5-21(18)19)20-9(11)14-4-2-7(15)13-10(14)17/h2,4,6,8-9,16,21H,3,5H2,1H3,(H,18,19)(H,13,15,17)/t6-,8-,9?,11-/m1/s1. The Kier molecular flexibility index (Phi) is 4.48. The number of aliphatic hydroxyl groups is 1. The predicted octanol–water partition coefficient (Wildman–Crippen LogP) is -0.620. The van der Waals surface area contributed by atoms with Gasteiger partial charge in [0, 0.05) is 18.4 Å². The van der Waals surface area contributed by atoms with E-state index in [9.17, 15) is 23.7 Å². The smallest absolute Gasteiger partial charge is 0.330 e. The van der Waals surface area contributed by atoms with Crippen LogP contribution < -0.4 is 11.2 Å². The van der Waals surface area contributed by atoms with Crippen LogP contribution in [0.1, 0.15) is 19.6 Å². The van der Waals surface area contributed by atoms with Crippen molar-refractivity contribution < 1.29 is 23.7 Å². The van der Waals surface area contributed by atoms with Gasteiger partial charge in [-0.2, -0.15) is 0 Å². The number of hydrogen-bond donors (Lipinski definition) is 3. The fourth-order valence-corrected chi connectivity index (χ4v) is 2.86. The lowest BCUT2D eigenvalue weighted by atomic mass is 9.97. The van der Waals surface area contributed by atoms with Crippen LogP contribution >= 0.6 is 8.03 Å². The monoisotopic (exact) mass is 322 g/mol. The van der Waals surface area contributed by atoms with Crippen molar-refractivity contribution in [2.24, 2.45) is 0 Å². The molecule has 0 aromatic carbocycles. The Balaban J connectivity index is 2.29. The van der Waals surface area contributed by atoms with Crippen LogP contribution in [0.25, 0.3) is 0 Å². The molecule has 8 nitrogen and oxygen atoms in total. The van der Waals surface area contributed by atoms with E-state index in [1.807, 2.05) is 4.98 Å². The van der Waals surface area contributed by atoms with E-state index in [-0.39, 0.29) is 12.6 Å². The Morgan fingerprint density at radius 2 is 2.24 bits per heavy atom. The fraction of sp³-hybridized carbons (Fsp3) is 0.636. The summed E-state index contributed by atoms with van der Waals surface area (Å²) in [6.45, 7) is 1.07. The number of nitrogens with one attached hydrogen (secondary N) is 1. The molecule has 2 rings (SSSR count). The van der Waals surface area contributed by atoms with Gasteiger partial charge in [-0.05, 0) is 13.3 Å². The van der Waals surface area contributed by atoms with E-state index in [2.05, 4.69) is 0 Å². The summed E-state index contributed by atoms with van der Waals surface area (Å²) in [6.07, 6.45) is -3.04. The Labute approximate surface area is 119 Å². The molecular formula is C11H16FN2O6P. The molecule has 1 aliphatic heterocycles. The maximum absolute atomic E-state index is 14.7. The number of ether oxygens (including phenoxy) is 1. The van der Waals surface area contributed by atoms with Crippen LogP contribution in [-0.2, 0) is 9.30 Å². The lowest BCUT2D eigenvalue weighted by molar-refractivity contribution is -0.0509. The highest BCUT2D eigenvalue weighted by atomic mass is 31.1. The third kappa shape index (κ3) is 3.16.